The summed E-state index contributed by atoms with van der Waals surface area (Å²) in [6, 6.07) is 4.38. The van der Waals surface area contributed by atoms with E-state index in [1.54, 1.807) is 0 Å². The third kappa shape index (κ3) is 2.00. The van der Waals surface area contributed by atoms with Gasteiger partial charge in [0.1, 0.15) is 0 Å². The second-order valence-electron chi connectivity index (χ2n) is 5.36. The quantitative estimate of drug-likeness (QED) is 0.806. The molecule has 0 saturated carbocycles. The Labute approximate surface area is 118 Å². The van der Waals surface area contributed by atoms with Crippen LogP contribution in [0, 0.1) is 0 Å². The molecule has 0 fully saturated rings. The molecule has 0 atom stereocenters. The van der Waals surface area contributed by atoms with Gasteiger partial charge in [-0.1, -0.05) is 0 Å². The number of carbonyl (C=O) groups excluding carboxylic acids is 1. The second kappa shape index (κ2) is 4.94. The summed E-state index contributed by atoms with van der Waals surface area (Å²) in [6.07, 6.45) is 1.92. The summed E-state index contributed by atoms with van der Waals surface area (Å²) in [7, 11) is 2.12. The highest BCUT2D eigenvalue weighted by Crippen LogP contribution is 2.30. The summed E-state index contributed by atoms with van der Waals surface area (Å²) in [6.45, 7) is 7.12. The predicted octanol–water partition coefficient (Wildman–Crippen LogP) is 2.78. The van der Waals surface area contributed by atoms with Crippen molar-refractivity contribution in [3.8, 4) is 0 Å². The summed E-state index contributed by atoms with van der Waals surface area (Å²) >= 11 is 0. The third-order valence-corrected chi connectivity index (χ3v) is 3.92. The van der Waals surface area contributed by atoms with Gasteiger partial charge in [0.05, 0.1) is 12.2 Å². The normalized spacial score (nSPS) is 14.8. The van der Waals surface area contributed by atoms with Crippen molar-refractivity contribution >= 4 is 16.9 Å². The number of benzene rings is 1. The highest BCUT2D eigenvalue weighted by molar-refractivity contribution is 6.04. The molecule has 0 aliphatic carbocycles. The van der Waals surface area contributed by atoms with Crippen LogP contribution < -0.4 is 0 Å². The van der Waals surface area contributed by atoms with Crippen molar-refractivity contribution < 1.29 is 9.53 Å². The van der Waals surface area contributed by atoms with Gasteiger partial charge in [0.25, 0.3) is 0 Å². The number of hydrogen-bond donors (Lipinski definition) is 0. The van der Waals surface area contributed by atoms with Gasteiger partial charge in [0.15, 0.2) is 0 Å². The zero-order valence-corrected chi connectivity index (χ0v) is 12.3. The fraction of sp³-hybridized carbons (Fsp3) is 0.438. The Bertz CT molecular complexity index is 673. The summed E-state index contributed by atoms with van der Waals surface area (Å²) < 4.78 is 7.30. The van der Waals surface area contributed by atoms with Crippen LogP contribution in [-0.4, -0.2) is 29.1 Å². The van der Waals surface area contributed by atoms with Crippen LogP contribution in [0.4, 0.5) is 0 Å². The molecule has 0 unspecified atom stereocenters. The van der Waals surface area contributed by atoms with Crippen molar-refractivity contribution in [3.05, 3.63) is 35.0 Å². The molecule has 2 aromatic rings. The van der Waals surface area contributed by atoms with E-state index in [4.69, 9.17) is 4.74 Å². The van der Waals surface area contributed by atoms with Crippen LogP contribution >= 0.6 is 0 Å². The van der Waals surface area contributed by atoms with E-state index in [1.165, 1.54) is 11.1 Å². The van der Waals surface area contributed by atoms with Crippen molar-refractivity contribution in [3.63, 3.8) is 0 Å². The van der Waals surface area contributed by atoms with Crippen LogP contribution in [0.2, 0.25) is 0 Å². The van der Waals surface area contributed by atoms with Gasteiger partial charge >= 0.3 is 5.97 Å². The van der Waals surface area contributed by atoms with Gasteiger partial charge in [0, 0.05) is 36.7 Å². The van der Waals surface area contributed by atoms with Crippen LogP contribution in [0.15, 0.2) is 18.3 Å². The Balaban J connectivity index is 2.17. The monoisotopic (exact) mass is 272 g/mol. The maximum absolute atomic E-state index is 12.1. The average Bonchev–Trinajstić information content (AvgIpc) is 2.95. The highest BCUT2D eigenvalue weighted by atomic mass is 16.5. The summed E-state index contributed by atoms with van der Waals surface area (Å²) in [5.41, 5.74) is 4.49. The Hall–Kier alpha value is -1.81. The van der Waals surface area contributed by atoms with Crippen molar-refractivity contribution in [1.82, 2.24) is 9.47 Å². The summed E-state index contributed by atoms with van der Waals surface area (Å²) in [5.74, 6) is -0.226. The maximum atomic E-state index is 12.1. The molecule has 0 bridgehead atoms. The number of esters is 1. The minimum Gasteiger partial charge on any atom is -0.462 e. The lowest BCUT2D eigenvalue weighted by atomic mass is 10.1. The molecule has 4 heteroatoms. The van der Waals surface area contributed by atoms with E-state index in [9.17, 15) is 4.79 Å². The van der Waals surface area contributed by atoms with Gasteiger partial charge in [0.2, 0.25) is 0 Å². The van der Waals surface area contributed by atoms with Crippen molar-refractivity contribution in [2.45, 2.75) is 33.5 Å². The van der Waals surface area contributed by atoms with Gasteiger partial charge < -0.3 is 9.30 Å². The van der Waals surface area contributed by atoms with Crippen LogP contribution in [0.1, 0.15) is 35.3 Å². The Morgan fingerprint density at radius 1 is 1.25 bits per heavy atom. The van der Waals surface area contributed by atoms with Crippen LogP contribution in [-0.2, 0) is 24.4 Å². The van der Waals surface area contributed by atoms with E-state index in [0.29, 0.717) is 12.2 Å². The fourth-order valence-electron chi connectivity index (χ4n) is 2.99. The van der Waals surface area contributed by atoms with Crippen LogP contribution in [0.3, 0.4) is 0 Å². The molecule has 1 aromatic heterocycles. The standard InChI is InChI=1S/C16H20N2O2/c1-4-18-10-14(16(19)20-5-2)13-6-11-8-17(3)9-12(11)7-15(13)18/h6-7,10H,4-5,8-9H2,1-3H3. The molecular formula is C16H20N2O2. The number of aromatic nitrogens is 1. The molecule has 20 heavy (non-hydrogen) atoms. The molecular weight excluding hydrogens is 252 g/mol. The average molecular weight is 272 g/mol. The molecule has 0 spiro atoms. The van der Waals surface area contributed by atoms with Crippen molar-refractivity contribution in [2.75, 3.05) is 13.7 Å². The topological polar surface area (TPSA) is 34.5 Å². The molecule has 1 aliphatic heterocycles. The molecule has 1 aromatic carbocycles. The molecule has 0 radical (unpaired) electrons. The van der Waals surface area contributed by atoms with Crippen molar-refractivity contribution in [1.29, 1.82) is 0 Å². The largest absolute Gasteiger partial charge is 0.462 e. The lowest BCUT2D eigenvalue weighted by molar-refractivity contribution is 0.0528. The molecule has 106 valence electrons. The van der Waals surface area contributed by atoms with Crippen LogP contribution in [0.25, 0.3) is 10.9 Å². The van der Waals surface area contributed by atoms with Crippen molar-refractivity contribution in [2.24, 2.45) is 0 Å². The molecule has 4 nitrogen and oxygen atoms in total. The zero-order valence-electron chi connectivity index (χ0n) is 12.3. The zero-order chi connectivity index (χ0) is 14.3. The van der Waals surface area contributed by atoms with Gasteiger partial charge in [-0.15, -0.1) is 0 Å². The van der Waals surface area contributed by atoms with E-state index in [0.717, 1.165) is 30.5 Å². The van der Waals surface area contributed by atoms with E-state index >= 15 is 0 Å². The summed E-state index contributed by atoms with van der Waals surface area (Å²) in [4.78, 5) is 14.4. The first-order valence-corrected chi connectivity index (χ1v) is 7.14. The minimum absolute atomic E-state index is 0.226. The molecule has 1 aliphatic rings. The van der Waals surface area contributed by atoms with Gasteiger partial charge in [-0.3, -0.25) is 4.90 Å². The Morgan fingerprint density at radius 2 is 1.95 bits per heavy atom. The highest BCUT2D eigenvalue weighted by Gasteiger charge is 2.21. The molecule has 0 saturated heterocycles. The number of rotatable bonds is 3. The number of aryl methyl sites for hydroxylation is 1. The SMILES string of the molecule is CCOC(=O)c1cn(CC)c2cc3c(cc12)CN(C)C3. The number of carbonyl (C=O) groups is 1. The van der Waals surface area contributed by atoms with Crippen LogP contribution in [0.5, 0.6) is 0 Å². The van der Waals surface area contributed by atoms with E-state index < -0.39 is 0 Å². The predicted molar refractivity (Wildman–Crippen MR) is 78.7 cm³/mol. The molecule has 0 amide bonds. The smallest absolute Gasteiger partial charge is 0.340 e. The Morgan fingerprint density at radius 3 is 2.60 bits per heavy atom. The molecule has 3 rings (SSSR count). The number of nitrogens with zero attached hydrogens (tertiary/aromatic N) is 2. The molecule has 0 N–H and O–H groups in total. The summed E-state index contributed by atoms with van der Waals surface area (Å²) in [5, 5.41) is 1.01. The first-order valence-electron chi connectivity index (χ1n) is 7.14. The minimum atomic E-state index is -0.226. The van der Waals surface area contributed by atoms with E-state index in [1.807, 2.05) is 13.1 Å². The fourth-order valence-corrected chi connectivity index (χ4v) is 2.99. The Kier molecular flexibility index (Phi) is 3.26. The third-order valence-electron chi connectivity index (χ3n) is 3.92. The van der Waals surface area contributed by atoms with E-state index in [2.05, 4.69) is 35.6 Å². The number of ether oxygens (including phenoxy) is 1. The number of hydrogen-bond acceptors (Lipinski definition) is 3. The second-order valence-corrected chi connectivity index (χ2v) is 5.36. The number of fused-ring (bicyclic) bond motifs is 2. The van der Waals surface area contributed by atoms with Gasteiger partial charge in [-0.2, -0.15) is 0 Å². The maximum Gasteiger partial charge on any atom is 0.340 e. The molecule has 2 heterocycles. The van der Waals surface area contributed by atoms with Gasteiger partial charge in [-0.25, -0.2) is 4.79 Å². The first kappa shape index (κ1) is 13.2. The lowest BCUT2D eigenvalue weighted by Gasteiger charge is -2.03. The van der Waals surface area contributed by atoms with E-state index in [-0.39, 0.29) is 5.97 Å². The lowest BCUT2D eigenvalue weighted by Crippen LogP contribution is -2.07. The van der Waals surface area contributed by atoms with Gasteiger partial charge in [-0.05, 0) is 44.2 Å². The first-order chi connectivity index (χ1) is 9.63.